The van der Waals surface area contributed by atoms with E-state index in [0.717, 1.165) is 44.8 Å². The minimum atomic E-state index is -4.95. The molecule has 8 rings (SSSR count). The largest absolute Gasteiger partial charge is 0.418 e. The van der Waals surface area contributed by atoms with Crippen molar-refractivity contribution in [3.05, 3.63) is 149 Å². The molecule has 0 amide bonds. The Bertz CT molecular complexity index is 2720. The van der Waals surface area contributed by atoms with Crippen molar-refractivity contribution in [2.75, 3.05) is 0 Å². The second-order valence-electron chi connectivity index (χ2n) is 12.4. The first-order chi connectivity index (χ1) is 23.9. The number of alkyl halides is 6. The predicted octanol–water partition coefficient (Wildman–Crippen LogP) is 12.8. The molecule has 0 saturated heterocycles. The Morgan fingerprint density at radius 2 is 1.06 bits per heavy atom. The van der Waals surface area contributed by atoms with E-state index in [1.807, 2.05) is 80.6 Å². The van der Waals surface area contributed by atoms with Crippen molar-refractivity contribution < 1.29 is 26.3 Å². The molecule has 9 heteroatoms. The summed E-state index contributed by atoms with van der Waals surface area (Å²) in [5, 5.41) is 3.15. The van der Waals surface area contributed by atoms with Crippen molar-refractivity contribution in [3.8, 4) is 22.5 Å². The Labute approximate surface area is 282 Å². The summed E-state index contributed by atoms with van der Waals surface area (Å²) >= 11 is 0. The van der Waals surface area contributed by atoms with Gasteiger partial charge in [-0.05, 0) is 78.6 Å². The Morgan fingerprint density at radius 1 is 0.540 bits per heavy atom. The zero-order valence-electron chi connectivity index (χ0n) is 26.6. The molecule has 6 aromatic carbocycles. The van der Waals surface area contributed by atoms with Crippen molar-refractivity contribution >= 4 is 49.3 Å². The molecular weight excluding hydrogens is 648 g/mol. The van der Waals surface area contributed by atoms with E-state index in [9.17, 15) is 13.2 Å². The number of aromatic nitrogens is 2. The highest BCUT2D eigenvalue weighted by Crippen LogP contribution is 2.47. The fourth-order valence-corrected chi connectivity index (χ4v) is 7.28. The van der Waals surface area contributed by atoms with Gasteiger partial charge in [-0.25, -0.2) is 4.85 Å². The van der Waals surface area contributed by atoms with E-state index in [2.05, 4.69) is 4.85 Å². The normalized spacial score (nSPS) is 12.4. The van der Waals surface area contributed by atoms with E-state index in [0.29, 0.717) is 28.1 Å². The first-order valence-corrected chi connectivity index (χ1v) is 15.7. The lowest BCUT2D eigenvalue weighted by Gasteiger charge is -2.24. The van der Waals surface area contributed by atoms with Crippen molar-refractivity contribution in [1.82, 2.24) is 9.13 Å². The highest BCUT2D eigenvalue weighted by molar-refractivity contribution is 6.13. The van der Waals surface area contributed by atoms with Crippen LogP contribution in [0.3, 0.4) is 0 Å². The highest BCUT2D eigenvalue weighted by Gasteiger charge is 2.38. The van der Waals surface area contributed by atoms with E-state index in [1.165, 1.54) is 12.1 Å². The van der Waals surface area contributed by atoms with E-state index in [1.54, 1.807) is 27.3 Å². The predicted molar refractivity (Wildman–Crippen MR) is 186 cm³/mol. The Morgan fingerprint density at radius 3 is 1.62 bits per heavy atom. The quantitative estimate of drug-likeness (QED) is 0.131. The zero-order valence-corrected chi connectivity index (χ0v) is 26.6. The number of hydrogen-bond donors (Lipinski definition) is 0. The van der Waals surface area contributed by atoms with Gasteiger partial charge in [0.15, 0.2) is 5.69 Å². The lowest BCUT2D eigenvalue weighted by molar-refractivity contribution is -0.138. The number of fused-ring (bicyclic) bond motifs is 6. The number of para-hydroxylation sites is 4. The number of hydrogen-bond acceptors (Lipinski definition) is 0. The lowest BCUT2D eigenvalue weighted by Crippen LogP contribution is -2.15. The van der Waals surface area contributed by atoms with Gasteiger partial charge in [-0.15, -0.1) is 0 Å². The van der Waals surface area contributed by atoms with Gasteiger partial charge in [0.25, 0.3) is 0 Å². The topological polar surface area (TPSA) is 14.2 Å². The third-order valence-corrected chi connectivity index (χ3v) is 9.36. The maximum atomic E-state index is 15.7. The van der Waals surface area contributed by atoms with Gasteiger partial charge < -0.3 is 9.13 Å². The number of benzene rings is 6. The summed E-state index contributed by atoms with van der Waals surface area (Å²) in [6, 6.07) is 31.0. The molecule has 0 aliphatic heterocycles. The number of halogens is 6. The molecule has 0 aliphatic rings. The molecule has 0 radical (unpaired) electrons. The standard InChI is InChI=1S/C41H25F6N3/c1-23-10-8-14-31-29-12-4-6-16-34(29)49(37(23)31)36-21-26(25-18-27(40(42,43)44)22-28(19-25)48-3)20-33(41(45,46)47)39(36)50-35-17-7-5-13-30(35)32-15-9-11-24(2)38(32)50/h4-22H,1-2H3. The van der Waals surface area contributed by atoms with Crippen LogP contribution in [0.25, 0.3) is 71.0 Å². The van der Waals surface area contributed by atoms with Gasteiger partial charge >= 0.3 is 12.4 Å². The molecule has 2 aromatic heterocycles. The summed E-state index contributed by atoms with van der Waals surface area (Å²) in [6.45, 7) is 11.2. The fraction of sp³-hybridized carbons (Fsp3) is 0.0976. The molecule has 3 nitrogen and oxygen atoms in total. The van der Waals surface area contributed by atoms with Crippen molar-refractivity contribution in [1.29, 1.82) is 0 Å². The molecule has 0 atom stereocenters. The minimum absolute atomic E-state index is 0.107. The number of aryl methyl sites for hydroxylation is 2. The summed E-state index contributed by atoms with van der Waals surface area (Å²) in [4.78, 5) is 3.22. The Hall–Kier alpha value is -6.01. The van der Waals surface area contributed by atoms with Crippen molar-refractivity contribution in [3.63, 3.8) is 0 Å². The maximum absolute atomic E-state index is 15.7. The van der Waals surface area contributed by atoms with Crippen LogP contribution in [0.4, 0.5) is 32.0 Å². The monoisotopic (exact) mass is 673 g/mol. The molecule has 0 unspecified atom stereocenters. The zero-order chi connectivity index (χ0) is 35.1. The van der Waals surface area contributed by atoms with Gasteiger partial charge in [-0.3, -0.25) is 0 Å². The Balaban J connectivity index is 1.64. The summed E-state index contributed by atoms with van der Waals surface area (Å²) in [5.74, 6) is 0. The fourth-order valence-electron chi connectivity index (χ4n) is 7.28. The number of rotatable bonds is 3. The summed E-state index contributed by atoms with van der Waals surface area (Å²) in [6.07, 6.45) is -9.77. The molecular formula is C41H25F6N3. The molecule has 0 aliphatic carbocycles. The second-order valence-corrected chi connectivity index (χ2v) is 12.4. The molecule has 246 valence electrons. The molecule has 50 heavy (non-hydrogen) atoms. The Kier molecular flexibility index (Phi) is 6.88. The summed E-state index contributed by atoms with van der Waals surface area (Å²) in [7, 11) is 0. The maximum Gasteiger partial charge on any atom is 0.418 e. The highest BCUT2D eigenvalue weighted by atomic mass is 19.4. The average Bonchev–Trinajstić information content (AvgIpc) is 3.61. The van der Waals surface area contributed by atoms with E-state index in [4.69, 9.17) is 6.57 Å². The second kappa shape index (κ2) is 11.0. The van der Waals surface area contributed by atoms with Gasteiger partial charge in [0, 0.05) is 27.1 Å². The lowest BCUT2D eigenvalue weighted by atomic mass is 9.97. The molecule has 0 fully saturated rings. The van der Waals surface area contributed by atoms with Gasteiger partial charge in [0.05, 0.1) is 45.6 Å². The van der Waals surface area contributed by atoms with E-state index >= 15 is 13.2 Å². The third-order valence-electron chi connectivity index (χ3n) is 9.36. The number of nitrogens with zero attached hydrogens (tertiary/aromatic N) is 3. The van der Waals surface area contributed by atoms with Gasteiger partial charge in [-0.1, -0.05) is 72.8 Å². The van der Waals surface area contributed by atoms with Crippen LogP contribution in [0.15, 0.2) is 115 Å². The van der Waals surface area contributed by atoms with Crippen LogP contribution in [0.2, 0.25) is 0 Å². The van der Waals surface area contributed by atoms with Crippen LogP contribution >= 0.6 is 0 Å². The van der Waals surface area contributed by atoms with E-state index < -0.39 is 23.5 Å². The van der Waals surface area contributed by atoms with Crippen LogP contribution in [0, 0.1) is 20.4 Å². The third kappa shape index (κ3) is 4.74. The molecule has 0 saturated carbocycles. The van der Waals surface area contributed by atoms with Crippen LogP contribution < -0.4 is 0 Å². The summed E-state index contributed by atoms with van der Waals surface area (Å²) < 4.78 is 92.8. The van der Waals surface area contributed by atoms with Crippen LogP contribution in [-0.2, 0) is 12.4 Å². The molecule has 0 N–H and O–H groups in total. The molecule has 2 heterocycles. The first kappa shape index (κ1) is 31.3. The van der Waals surface area contributed by atoms with Crippen molar-refractivity contribution in [2.45, 2.75) is 26.2 Å². The van der Waals surface area contributed by atoms with E-state index in [-0.39, 0.29) is 28.2 Å². The average molecular weight is 674 g/mol. The minimum Gasteiger partial charge on any atom is -0.307 e. The van der Waals surface area contributed by atoms with Gasteiger partial charge in [0.2, 0.25) is 0 Å². The molecule has 8 aromatic rings. The summed E-state index contributed by atoms with van der Waals surface area (Å²) in [5.41, 5.74) is 1.20. The SMILES string of the molecule is [C-]#[N+]c1cc(-c2cc(-n3c4ccccc4c4cccc(C)c43)c(-n3c4ccccc4c4cccc(C)c43)c(C(F)(F)F)c2)cc(C(F)(F)F)c1. The smallest absolute Gasteiger partial charge is 0.307 e. The van der Waals surface area contributed by atoms with Crippen LogP contribution in [-0.4, -0.2) is 9.13 Å². The molecule has 0 bridgehead atoms. The molecule has 0 spiro atoms. The van der Waals surface area contributed by atoms with Crippen molar-refractivity contribution in [2.24, 2.45) is 0 Å². The van der Waals surface area contributed by atoms with Gasteiger partial charge in [-0.2, -0.15) is 26.3 Å². The van der Waals surface area contributed by atoms with Gasteiger partial charge in [0.1, 0.15) is 0 Å². The van der Waals surface area contributed by atoms with Crippen LogP contribution in [0.5, 0.6) is 0 Å². The first-order valence-electron chi connectivity index (χ1n) is 15.7. The van der Waals surface area contributed by atoms with Crippen LogP contribution in [0.1, 0.15) is 22.3 Å².